The largest absolute Gasteiger partial charge is 0.454 e. The maximum Gasteiger partial charge on any atom is 0.243 e. The van der Waals surface area contributed by atoms with E-state index in [1.165, 1.54) is 26.8 Å². The van der Waals surface area contributed by atoms with E-state index >= 15 is 0 Å². The number of sulfonamides is 2. The van der Waals surface area contributed by atoms with Gasteiger partial charge in [0.05, 0.1) is 28.7 Å². The molecule has 272 valence electrons. The highest BCUT2D eigenvalue weighted by Gasteiger charge is 2.35. The van der Waals surface area contributed by atoms with Gasteiger partial charge in [0.25, 0.3) is 0 Å². The van der Waals surface area contributed by atoms with Crippen molar-refractivity contribution in [1.82, 2.24) is 23.8 Å². The zero-order valence-electron chi connectivity index (χ0n) is 28.7. The number of rotatable bonds is 16. The molecule has 0 aliphatic carbocycles. The van der Waals surface area contributed by atoms with Crippen molar-refractivity contribution in [3.8, 4) is 11.5 Å². The van der Waals surface area contributed by atoms with Crippen molar-refractivity contribution < 1.29 is 36.2 Å². The molecule has 3 heterocycles. The summed E-state index contributed by atoms with van der Waals surface area (Å²) in [5.41, 5.74) is 1.92. The highest BCUT2D eigenvalue weighted by atomic mass is 32.2. The molecule has 5 rings (SSSR count). The molecule has 3 atom stereocenters. The van der Waals surface area contributed by atoms with Crippen LogP contribution in [-0.4, -0.2) is 110 Å². The van der Waals surface area contributed by atoms with Gasteiger partial charge in [-0.2, -0.15) is 8.61 Å². The van der Waals surface area contributed by atoms with Crippen molar-refractivity contribution in [2.75, 3.05) is 51.8 Å². The number of hydrogen-bond donors (Lipinski definition) is 2. The van der Waals surface area contributed by atoms with Crippen LogP contribution in [0, 0.1) is 11.8 Å². The molecule has 50 heavy (non-hydrogen) atoms. The minimum absolute atomic E-state index is 0.00249. The molecule has 2 N–H and O–H groups in total. The molecule has 0 bridgehead atoms. The summed E-state index contributed by atoms with van der Waals surface area (Å²) in [6, 6.07) is 16.6. The van der Waals surface area contributed by atoms with Crippen LogP contribution in [0.4, 0.5) is 0 Å². The summed E-state index contributed by atoms with van der Waals surface area (Å²) in [4.78, 5) is 19.8. The Bertz CT molecular complexity index is 1790. The average molecular weight is 730 g/mol. The third-order valence-corrected chi connectivity index (χ3v) is 12.7. The van der Waals surface area contributed by atoms with Crippen LogP contribution in [0.5, 0.6) is 11.5 Å². The number of piperazine rings is 1. The van der Waals surface area contributed by atoms with Crippen LogP contribution in [-0.2, 0) is 37.8 Å². The number of aliphatic hydroxyl groups is 1. The zero-order chi connectivity index (χ0) is 35.9. The van der Waals surface area contributed by atoms with Gasteiger partial charge in [0.15, 0.2) is 11.5 Å². The summed E-state index contributed by atoms with van der Waals surface area (Å²) >= 11 is 0. The van der Waals surface area contributed by atoms with Gasteiger partial charge >= 0.3 is 0 Å². The van der Waals surface area contributed by atoms with Crippen LogP contribution in [0.3, 0.4) is 0 Å². The Hall–Kier alpha value is -3.60. The third kappa shape index (κ3) is 9.80. The van der Waals surface area contributed by atoms with Crippen LogP contribution in [0.1, 0.15) is 31.9 Å². The number of aliphatic hydroxyl groups excluding tert-OH is 1. The van der Waals surface area contributed by atoms with E-state index in [9.17, 15) is 26.7 Å². The Morgan fingerprint density at radius 1 is 0.900 bits per heavy atom. The van der Waals surface area contributed by atoms with E-state index in [0.717, 1.165) is 11.1 Å². The maximum atomic E-state index is 13.9. The van der Waals surface area contributed by atoms with Crippen LogP contribution in [0.15, 0.2) is 78.0 Å². The van der Waals surface area contributed by atoms with Crippen LogP contribution in [0.2, 0.25) is 0 Å². The van der Waals surface area contributed by atoms with E-state index in [1.807, 2.05) is 56.3 Å². The molecule has 0 unspecified atom stereocenters. The van der Waals surface area contributed by atoms with Crippen molar-refractivity contribution in [3.63, 3.8) is 0 Å². The van der Waals surface area contributed by atoms with E-state index in [-0.39, 0.29) is 37.1 Å². The summed E-state index contributed by atoms with van der Waals surface area (Å²) in [5.74, 6) is -1.17. The average Bonchev–Trinajstić information content (AvgIpc) is 3.57. The van der Waals surface area contributed by atoms with Gasteiger partial charge in [-0.15, -0.1) is 0 Å². The Morgan fingerprint density at radius 3 is 2.26 bits per heavy atom. The second-order valence-electron chi connectivity index (χ2n) is 13.3. The number of nitrogens with zero attached hydrogens (tertiary/aromatic N) is 4. The first-order valence-corrected chi connectivity index (χ1v) is 19.9. The monoisotopic (exact) mass is 729 g/mol. The molecule has 1 saturated heterocycles. The molecule has 2 aliphatic rings. The normalized spacial score (nSPS) is 17.5. The molecule has 0 radical (unpaired) electrons. The van der Waals surface area contributed by atoms with Gasteiger partial charge < -0.3 is 19.9 Å². The van der Waals surface area contributed by atoms with Crippen molar-refractivity contribution in [2.24, 2.45) is 11.8 Å². The third-order valence-electron chi connectivity index (χ3n) is 8.82. The number of carbonyl (C=O) groups excluding carboxylic acids is 1. The maximum absolute atomic E-state index is 13.9. The number of benzene rings is 2. The predicted molar refractivity (Wildman–Crippen MR) is 188 cm³/mol. The van der Waals surface area contributed by atoms with Crippen LogP contribution >= 0.6 is 0 Å². The molecule has 0 saturated carbocycles. The van der Waals surface area contributed by atoms with Crippen LogP contribution < -0.4 is 14.8 Å². The van der Waals surface area contributed by atoms with Gasteiger partial charge in [0.2, 0.25) is 32.7 Å². The summed E-state index contributed by atoms with van der Waals surface area (Å²) in [5, 5.41) is 14.5. The second-order valence-corrected chi connectivity index (χ2v) is 17.3. The Balaban J connectivity index is 1.26. The molecule has 2 aliphatic heterocycles. The predicted octanol–water partition coefficient (Wildman–Crippen LogP) is 2.33. The first-order valence-electron chi connectivity index (χ1n) is 16.8. The first kappa shape index (κ1) is 37.7. The smallest absolute Gasteiger partial charge is 0.243 e. The number of hydrogen-bond acceptors (Lipinski definition) is 10. The highest BCUT2D eigenvalue weighted by Crippen LogP contribution is 2.35. The molecule has 2 aromatic carbocycles. The molecule has 0 spiro atoms. The fraction of sp³-hybridized carbons (Fsp3) is 0.486. The van der Waals surface area contributed by atoms with E-state index in [4.69, 9.17) is 9.47 Å². The molecular weight excluding hydrogens is 683 g/mol. The van der Waals surface area contributed by atoms with E-state index in [0.29, 0.717) is 44.2 Å². The SMILES string of the molecule is CC(C)CN(C[C@@H](O)[C@H](Cc1ccccc1)NC(=O)[C@@H](C)CS(=O)(=O)N1CCN(Cc2ccncc2)CC1)S(=O)(=O)c1ccc2c(c1)OCO2. The lowest BCUT2D eigenvalue weighted by molar-refractivity contribution is -0.125. The van der Waals surface area contributed by atoms with E-state index < -0.39 is 49.8 Å². The van der Waals surface area contributed by atoms with Gasteiger partial charge in [-0.05, 0) is 47.7 Å². The van der Waals surface area contributed by atoms with E-state index in [2.05, 4.69) is 15.2 Å². The molecule has 13 nitrogen and oxygen atoms in total. The number of carbonyl (C=O) groups is 1. The minimum Gasteiger partial charge on any atom is -0.454 e. The van der Waals surface area contributed by atoms with Gasteiger partial charge in [0.1, 0.15) is 0 Å². The minimum atomic E-state index is -4.09. The number of amides is 1. The van der Waals surface area contributed by atoms with E-state index in [1.54, 1.807) is 19.3 Å². The van der Waals surface area contributed by atoms with Gasteiger partial charge in [-0.1, -0.05) is 51.1 Å². The quantitative estimate of drug-likeness (QED) is 0.224. The highest BCUT2D eigenvalue weighted by molar-refractivity contribution is 7.89. The fourth-order valence-electron chi connectivity index (χ4n) is 6.09. The van der Waals surface area contributed by atoms with Gasteiger partial charge in [0, 0.05) is 64.3 Å². The Labute approximate surface area is 295 Å². The Kier molecular flexibility index (Phi) is 12.5. The number of ether oxygens (including phenoxy) is 2. The molecule has 3 aromatic rings. The lowest BCUT2D eigenvalue weighted by Crippen LogP contribution is -2.53. The molecule has 1 aromatic heterocycles. The Morgan fingerprint density at radius 2 is 1.58 bits per heavy atom. The molecule has 15 heteroatoms. The lowest BCUT2D eigenvalue weighted by Gasteiger charge is -2.34. The summed E-state index contributed by atoms with van der Waals surface area (Å²) in [6.45, 7) is 7.58. The standard InChI is InChI=1S/C35H47N5O8S2/c1-26(2)21-40(50(45,46)30-9-10-33-34(20-30)48-25-47-33)23-32(41)31(19-28-7-5-4-6-8-28)37-35(42)27(3)24-49(43,44)39-17-15-38(16-18-39)22-29-11-13-36-14-12-29/h4-14,20,26-27,31-32,41H,15-19,21-25H2,1-3H3,(H,37,42)/t27-,31-,32+/m0/s1. The zero-order valence-corrected chi connectivity index (χ0v) is 30.4. The number of pyridine rings is 1. The molecule has 1 amide bonds. The topological polar surface area (TPSA) is 159 Å². The number of fused-ring (bicyclic) bond motifs is 1. The summed E-state index contributed by atoms with van der Waals surface area (Å²) in [6.07, 6.45) is 2.35. The number of nitrogens with one attached hydrogen (secondary N) is 1. The van der Waals surface area contributed by atoms with Crippen molar-refractivity contribution in [1.29, 1.82) is 0 Å². The van der Waals surface area contributed by atoms with Crippen LogP contribution in [0.25, 0.3) is 0 Å². The lowest BCUT2D eigenvalue weighted by atomic mass is 10.00. The van der Waals surface area contributed by atoms with Crippen molar-refractivity contribution in [3.05, 3.63) is 84.2 Å². The fourth-order valence-corrected chi connectivity index (χ4v) is 9.44. The summed E-state index contributed by atoms with van der Waals surface area (Å²) in [7, 11) is -7.85. The van der Waals surface area contributed by atoms with Gasteiger partial charge in [-0.25, -0.2) is 16.8 Å². The molecule has 1 fully saturated rings. The first-order chi connectivity index (χ1) is 23.8. The van der Waals surface area contributed by atoms with Crippen molar-refractivity contribution in [2.45, 2.75) is 50.8 Å². The second kappa shape index (κ2) is 16.6. The van der Waals surface area contributed by atoms with Gasteiger partial charge in [-0.3, -0.25) is 14.7 Å². The number of aromatic nitrogens is 1. The molecular formula is C35H47N5O8S2. The van der Waals surface area contributed by atoms with Crippen molar-refractivity contribution >= 4 is 26.0 Å². The summed E-state index contributed by atoms with van der Waals surface area (Å²) < 4.78 is 68.0.